The fourth-order valence-electron chi connectivity index (χ4n) is 0.897. The van der Waals surface area contributed by atoms with E-state index in [2.05, 4.69) is 4.74 Å². The van der Waals surface area contributed by atoms with E-state index >= 15 is 0 Å². The lowest BCUT2D eigenvalue weighted by molar-refractivity contribution is -0.145. The van der Waals surface area contributed by atoms with E-state index in [4.69, 9.17) is 10.2 Å². The highest BCUT2D eigenvalue weighted by Crippen LogP contribution is 1.90. The molecule has 0 saturated carbocycles. The molecule has 0 bridgehead atoms. The first-order chi connectivity index (χ1) is 6.61. The third-order valence-electron chi connectivity index (χ3n) is 1.56. The summed E-state index contributed by atoms with van der Waals surface area (Å²) < 4.78 is 4.61. The molecule has 0 heterocycles. The minimum Gasteiger partial charge on any atom is -0.480 e. The molecular weight excluding hydrogens is 190 g/mol. The molecule has 0 fully saturated rings. The molecule has 6 heteroatoms. The molecule has 0 atom stereocenters. The number of likely N-dealkylation sites (N-methyl/N-ethyl adjacent to an activating group) is 1. The number of hydrogen-bond donors (Lipinski definition) is 2. The van der Waals surface area contributed by atoms with Crippen LogP contribution in [0.3, 0.4) is 0 Å². The highest BCUT2D eigenvalue weighted by molar-refractivity contribution is 5.77. The molecule has 6 nitrogen and oxygen atoms in total. The van der Waals surface area contributed by atoms with E-state index in [1.807, 2.05) is 0 Å². The Morgan fingerprint density at radius 3 is 2.43 bits per heavy atom. The number of amides is 1. The van der Waals surface area contributed by atoms with Crippen molar-refractivity contribution >= 4 is 11.9 Å². The minimum atomic E-state index is -1.11. The Hall–Kier alpha value is -1.14. The Balaban J connectivity index is 3.74. The molecule has 0 aromatic carbocycles. The van der Waals surface area contributed by atoms with Crippen molar-refractivity contribution in [3.63, 3.8) is 0 Å². The summed E-state index contributed by atoms with van der Waals surface area (Å²) in [6.45, 7) is 1.62. The molecule has 0 aromatic rings. The maximum Gasteiger partial charge on any atom is 0.329 e. The summed E-state index contributed by atoms with van der Waals surface area (Å²) in [7, 11) is 0. The topological polar surface area (TPSA) is 87.1 Å². The van der Waals surface area contributed by atoms with Gasteiger partial charge in [0.25, 0.3) is 0 Å². The molecule has 0 spiro atoms. The van der Waals surface area contributed by atoms with E-state index in [0.29, 0.717) is 6.54 Å². The number of hydrogen-bond acceptors (Lipinski definition) is 4. The fraction of sp³-hybridized carbons (Fsp3) is 0.750. The lowest BCUT2D eigenvalue weighted by Gasteiger charge is -2.19. The average Bonchev–Trinajstić information content (AvgIpc) is 2.13. The van der Waals surface area contributed by atoms with E-state index in [9.17, 15) is 9.59 Å². The molecule has 0 aliphatic heterocycles. The van der Waals surface area contributed by atoms with Crippen molar-refractivity contribution in [1.29, 1.82) is 0 Å². The van der Waals surface area contributed by atoms with Crippen molar-refractivity contribution in [3.05, 3.63) is 0 Å². The molecule has 0 saturated heterocycles. The van der Waals surface area contributed by atoms with E-state index in [0.717, 1.165) is 0 Å². The van der Waals surface area contributed by atoms with Gasteiger partial charge in [0.15, 0.2) is 0 Å². The summed E-state index contributed by atoms with van der Waals surface area (Å²) in [5.74, 6) is -1.43. The van der Waals surface area contributed by atoms with Crippen molar-refractivity contribution in [2.24, 2.45) is 0 Å². The normalized spacial score (nSPS) is 9.86. The largest absolute Gasteiger partial charge is 0.480 e. The van der Waals surface area contributed by atoms with Crippen molar-refractivity contribution in [2.75, 3.05) is 32.9 Å². The lowest BCUT2D eigenvalue weighted by Crippen LogP contribution is -2.36. The van der Waals surface area contributed by atoms with Crippen LogP contribution >= 0.6 is 0 Å². The molecule has 0 aliphatic rings. The molecule has 0 aromatic heterocycles. The summed E-state index contributed by atoms with van der Waals surface area (Å²) in [6, 6.07) is 0. The second kappa shape index (κ2) is 7.28. The standard InChI is InChI=1S/C8H15NO5/c1-2-9(3-4-10)7(11)5-14-6-8(12)13/h10H,2-6H2,1H3,(H,12,13). The van der Waals surface area contributed by atoms with Gasteiger partial charge in [0, 0.05) is 13.1 Å². The number of aliphatic hydroxyl groups is 1. The molecule has 0 aliphatic carbocycles. The number of carboxylic acid groups (broad SMARTS) is 1. The molecule has 0 rings (SSSR count). The van der Waals surface area contributed by atoms with Crippen LogP contribution in [0.15, 0.2) is 0 Å². The second-order valence-corrected chi connectivity index (χ2v) is 2.58. The van der Waals surface area contributed by atoms with E-state index < -0.39 is 12.6 Å². The first-order valence-electron chi connectivity index (χ1n) is 4.30. The van der Waals surface area contributed by atoms with E-state index in [1.165, 1.54) is 4.90 Å². The number of aliphatic carboxylic acids is 1. The highest BCUT2D eigenvalue weighted by Gasteiger charge is 2.11. The Bertz CT molecular complexity index is 194. The van der Waals surface area contributed by atoms with Crippen molar-refractivity contribution in [1.82, 2.24) is 4.90 Å². The maximum atomic E-state index is 11.2. The molecule has 0 radical (unpaired) electrons. The minimum absolute atomic E-state index is 0.113. The predicted octanol–water partition coefficient (Wildman–Crippen LogP) is -1.07. The van der Waals surface area contributed by atoms with Crippen LogP contribution in [-0.2, 0) is 14.3 Å². The zero-order chi connectivity index (χ0) is 11.0. The van der Waals surface area contributed by atoms with Gasteiger partial charge in [-0.3, -0.25) is 4.79 Å². The van der Waals surface area contributed by atoms with Gasteiger partial charge in [-0.05, 0) is 6.92 Å². The molecular formula is C8H15NO5. The van der Waals surface area contributed by atoms with Crippen LogP contribution in [0.1, 0.15) is 6.92 Å². The third kappa shape index (κ3) is 5.50. The molecule has 1 amide bonds. The fourth-order valence-corrected chi connectivity index (χ4v) is 0.897. The first-order valence-corrected chi connectivity index (χ1v) is 4.30. The van der Waals surface area contributed by atoms with Gasteiger partial charge in [0.2, 0.25) is 5.91 Å². The number of carbonyl (C=O) groups excluding carboxylic acids is 1. The Kier molecular flexibility index (Phi) is 6.69. The number of carbonyl (C=O) groups is 2. The molecule has 82 valence electrons. The summed E-state index contributed by atoms with van der Waals surface area (Å²) in [5, 5.41) is 16.8. The van der Waals surface area contributed by atoms with Crippen LogP contribution in [0.5, 0.6) is 0 Å². The summed E-state index contributed by atoms with van der Waals surface area (Å²) in [5.41, 5.74) is 0. The van der Waals surface area contributed by atoms with Gasteiger partial charge in [0.1, 0.15) is 13.2 Å². The Labute approximate surface area is 82.1 Å². The van der Waals surface area contributed by atoms with Crippen LogP contribution < -0.4 is 0 Å². The molecule has 2 N–H and O–H groups in total. The average molecular weight is 205 g/mol. The monoisotopic (exact) mass is 205 g/mol. The van der Waals surface area contributed by atoms with Crippen molar-refractivity contribution < 1.29 is 24.5 Å². The summed E-state index contributed by atoms with van der Waals surface area (Å²) >= 11 is 0. The van der Waals surface area contributed by atoms with Gasteiger partial charge < -0.3 is 19.8 Å². The molecule has 14 heavy (non-hydrogen) atoms. The SMILES string of the molecule is CCN(CCO)C(=O)COCC(=O)O. The quantitative estimate of drug-likeness (QED) is 0.552. The zero-order valence-electron chi connectivity index (χ0n) is 8.10. The van der Waals surface area contributed by atoms with Gasteiger partial charge in [-0.15, -0.1) is 0 Å². The maximum absolute atomic E-state index is 11.2. The lowest BCUT2D eigenvalue weighted by atomic mass is 10.4. The first kappa shape index (κ1) is 12.9. The second-order valence-electron chi connectivity index (χ2n) is 2.58. The van der Waals surface area contributed by atoms with Gasteiger partial charge >= 0.3 is 5.97 Å². The van der Waals surface area contributed by atoms with Gasteiger partial charge in [-0.2, -0.15) is 0 Å². The van der Waals surface area contributed by atoms with Gasteiger partial charge in [0.05, 0.1) is 6.61 Å². The van der Waals surface area contributed by atoms with Gasteiger partial charge in [-0.25, -0.2) is 4.79 Å². The zero-order valence-corrected chi connectivity index (χ0v) is 8.10. The van der Waals surface area contributed by atoms with Crippen LogP contribution in [0.25, 0.3) is 0 Å². The van der Waals surface area contributed by atoms with Crippen molar-refractivity contribution in [3.8, 4) is 0 Å². The summed E-state index contributed by atoms with van der Waals surface area (Å²) in [4.78, 5) is 22.7. The van der Waals surface area contributed by atoms with E-state index in [1.54, 1.807) is 6.92 Å². The van der Waals surface area contributed by atoms with Crippen LogP contribution in [0.4, 0.5) is 0 Å². The number of carboxylic acids is 1. The Morgan fingerprint density at radius 2 is 2.00 bits per heavy atom. The van der Waals surface area contributed by atoms with Crippen LogP contribution in [0, 0.1) is 0 Å². The molecule has 0 unspecified atom stereocenters. The predicted molar refractivity (Wildman–Crippen MR) is 47.8 cm³/mol. The summed E-state index contributed by atoms with van der Waals surface area (Å²) in [6.07, 6.45) is 0. The third-order valence-corrected chi connectivity index (χ3v) is 1.56. The smallest absolute Gasteiger partial charge is 0.329 e. The number of aliphatic hydroxyl groups excluding tert-OH is 1. The Morgan fingerprint density at radius 1 is 1.36 bits per heavy atom. The number of nitrogens with zero attached hydrogens (tertiary/aromatic N) is 1. The van der Waals surface area contributed by atoms with Crippen LogP contribution in [-0.4, -0.2) is 59.9 Å². The highest BCUT2D eigenvalue weighted by atomic mass is 16.5. The number of rotatable bonds is 7. The van der Waals surface area contributed by atoms with Crippen LogP contribution in [0.2, 0.25) is 0 Å². The van der Waals surface area contributed by atoms with Crippen molar-refractivity contribution in [2.45, 2.75) is 6.92 Å². The van der Waals surface area contributed by atoms with Gasteiger partial charge in [-0.1, -0.05) is 0 Å². The number of ether oxygens (including phenoxy) is 1. The van der Waals surface area contributed by atoms with E-state index in [-0.39, 0.29) is 25.7 Å².